The van der Waals surface area contributed by atoms with Crippen LogP contribution in [0.2, 0.25) is 0 Å². The Labute approximate surface area is 163 Å². The number of hydrogen-bond acceptors (Lipinski definition) is 4. The third kappa shape index (κ3) is 3.74. The van der Waals surface area contributed by atoms with Crippen molar-refractivity contribution in [2.45, 2.75) is 25.9 Å². The Balaban J connectivity index is 1.72. The van der Waals surface area contributed by atoms with Gasteiger partial charge in [0.25, 0.3) is 0 Å². The van der Waals surface area contributed by atoms with E-state index in [9.17, 15) is 9.59 Å². The van der Waals surface area contributed by atoms with Crippen LogP contribution in [0.4, 0.5) is 0 Å². The summed E-state index contributed by atoms with van der Waals surface area (Å²) in [6.07, 6.45) is 0.199. The van der Waals surface area contributed by atoms with Crippen molar-refractivity contribution in [1.29, 1.82) is 0 Å². The number of amides is 1. The van der Waals surface area contributed by atoms with Crippen LogP contribution in [0, 0.1) is 0 Å². The van der Waals surface area contributed by atoms with Crippen molar-refractivity contribution in [2.75, 3.05) is 14.2 Å². The van der Waals surface area contributed by atoms with E-state index >= 15 is 0 Å². The van der Waals surface area contributed by atoms with Gasteiger partial charge >= 0.3 is 5.69 Å². The molecule has 0 aliphatic carbocycles. The van der Waals surface area contributed by atoms with Crippen LogP contribution >= 0.6 is 0 Å². The van der Waals surface area contributed by atoms with Gasteiger partial charge in [-0.25, -0.2) is 4.79 Å². The molecule has 3 rings (SSSR count). The van der Waals surface area contributed by atoms with Crippen molar-refractivity contribution in [2.24, 2.45) is 7.05 Å². The fourth-order valence-electron chi connectivity index (χ4n) is 3.36. The summed E-state index contributed by atoms with van der Waals surface area (Å²) in [5, 5.41) is 2.97. The summed E-state index contributed by atoms with van der Waals surface area (Å²) in [5.74, 6) is 1.23. The molecule has 0 aliphatic heterocycles. The van der Waals surface area contributed by atoms with Crippen LogP contribution in [0.25, 0.3) is 11.0 Å². The van der Waals surface area contributed by atoms with Gasteiger partial charge < -0.3 is 14.8 Å². The molecular formula is C21H25N3O4. The number of carbonyl (C=O) groups excluding carboxylic acids is 1. The maximum atomic E-state index is 12.5. The van der Waals surface area contributed by atoms with Crippen LogP contribution in [0.3, 0.4) is 0 Å². The van der Waals surface area contributed by atoms with Crippen molar-refractivity contribution in [3.05, 3.63) is 58.5 Å². The molecule has 0 saturated heterocycles. The highest BCUT2D eigenvalue weighted by atomic mass is 16.5. The molecule has 28 heavy (non-hydrogen) atoms. The normalized spacial score (nSPS) is 12.0. The number of methoxy groups -OCH3 is 2. The minimum Gasteiger partial charge on any atom is -0.497 e. The first-order chi connectivity index (χ1) is 13.5. The Bertz CT molecular complexity index is 1050. The number of aryl methyl sites for hydroxylation is 2. The first-order valence-electron chi connectivity index (χ1n) is 9.11. The zero-order chi connectivity index (χ0) is 20.3. The van der Waals surface area contributed by atoms with Gasteiger partial charge in [-0.1, -0.05) is 12.1 Å². The molecule has 2 aromatic carbocycles. The van der Waals surface area contributed by atoms with Crippen LogP contribution in [-0.2, 0) is 18.4 Å². The number of ether oxygens (including phenoxy) is 2. The SMILES string of the molecule is COc1ccc(OC)c(C(C)NC(=O)CCn2c(=O)n(C)c3ccccc32)c1. The lowest BCUT2D eigenvalue weighted by atomic mass is 10.1. The highest BCUT2D eigenvalue weighted by Crippen LogP contribution is 2.29. The predicted octanol–water partition coefficient (Wildman–Crippen LogP) is 2.62. The Hall–Kier alpha value is -3.22. The number of hydrogen-bond donors (Lipinski definition) is 1. The zero-order valence-electron chi connectivity index (χ0n) is 16.6. The largest absolute Gasteiger partial charge is 0.497 e. The monoisotopic (exact) mass is 383 g/mol. The van der Waals surface area contributed by atoms with Crippen molar-refractivity contribution in [3.63, 3.8) is 0 Å². The quantitative estimate of drug-likeness (QED) is 0.681. The molecule has 0 aliphatic rings. The smallest absolute Gasteiger partial charge is 0.328 e. The van der Waals surface area contributed by atoms with E-state index in [1.54, 1.807) is 30.4 Å². The molecule has 1 unspecified atom stereocenters. The summed E-state index contributed by atoms with van der Waals surface area (Å²) in [4.78, 5) is 25.0. The van der Waals surface area contributed by atoms with E-state index in [-0.39, 0.29) is 24.1 Å². The van der Waals surface area contributed by atoms with Crippen molar-refractivity contribution in [3.8, 4) is 11.5 Å². The fraction of sp³-hybridized carbons (Fsp3) is 0.333. The molecular weight excluding hydrogens is 358 g/mol. The summed E-state index contributed by atoms with van der Waals surface area (Å²) in [7, 11) is 4.92. The third-order valence-corrected chi connectivity index (χ3v) is 4.90. The zero-order valence-corrected chi connectivity index (χ0v) is 16.6. The standard InChI is InChI=1S/C21H25N3O4/c1-14(16-13-15(27-3)9-10-19(16)28-4)22-20(25)11-12-24-18-8-6-5-7-17(18)23(2)21(24)26/h5-10,13-14H,11-12H2,1-4H3,(H,22,25). The summed E-state index contributed by atoms with van der Waals surface area (Å²) in [5.41, 5.74) is 2.38. The molecule has 0 bridgehead atoms. The van der Waals surface area contributed by atoms with Crippen LogP contribution in [-0.4, -0.2) is 29.3 Å². The first-order valence-corrected chi connectivity index (χ1v) is 9.11. The van der Waals surface area contributed by atoms with Crippen molar-refractivity contribution < 1.29 is 14.3 Å². The van der Waals surface area contributed by atoms with Gasteiger partial charge in [0.15, 0.2) is 0 Å². The van der Waals surface area contributed by atoms with Crippen LogP contribution < -0.4 is 20.5 Å². The van der Waals surface area contributed by atoms with E-state index in [0.29, 0.717) is 18.0 Å². The molecule has 148 valence electrons. The number of rotatable bonds is 7. The maximum absolute atomic E-state index is 12.5. The van der Waals surface area contributed by atoms with E-state index in [0.717, 1.165) is 16.6 Å². The Kier molecular flexibility index (Phi) is 5.73. The summed E-state index contributed by atoms with van der Waals surface area (Å²) < 4.78 is 13.9. The van der Waals surface area contributed by atoms with E-state index in [1.807, 2.05) is 49.4 Å². The minimum atomic E-state index is -0.262. The third-order valence-electron chi connectivity index (χ3n) is 4.90. The molecule has 1 heterocycles. The Morgan fingerprint density at radius 3 is 2.50 bits per heavy atom. The number of nitrogens with zero attached hydrogens (tertiary/aromatic N) is 2. The predicted molar refractivity (Wildman–Crippen MR) is 108 cm³/mol. The number of nitrogens with one attached hydrogen (secondary N) is 1. The Morgan fingerprint density at radius 1 is 1.11 bits per heavy atom. The second kappa shape index (κ2) is 8.21. The fourth-order valence-corrected chi connectivity index (χ4v) is 3.36. The van der Waals surface area contributed by atoms with Gasteiger partial charge in [-0.15, -0.1) is 0 Å². The highest BCUT2D eigenvalue weighted by molar-refractivity contribution is 5.78. The number of para-hydroxylation sites is 2. The van der Waals surface area contributed by atoms with Crippen LogP contribution in [0.5, 0.6) is 11.5 Å². The number of aromatic nitrogens is 2. The van der Waals surface area contributed by atoms with Crippen LogP contribution in [0.1, 0.15) is 24.9 Å². The van der Waals surface area contributed by atoms with E-state index in [1.165, 1.54) is 0 Å². The van der Waals surface area contributed by atoms with E-state index in [4.69, 9.17) is 9.47 Å². The minimum absolute atomic E-state index is 0.128. The van der Waals surface area contributed by atoms with Gasteiger partial charge in [0, 0.05) is 25.6 Å². The molecule has 0 fully saturated rings. The summed E-state index contributed by atoms with van der Waals surface area (Å²) >= 11 is 0. The molecule has 7 nitrogen and oxygen atoms in total. The number of fused-ring (bicyclic) bond motifs is 1. The molecule has 1 atom stereocenters. The maximum Gasteiger partial charge on any atom is 0.328 e. The van der Waals surface area contributed by atoms with Gasteiger partial charge in [-0.3, -0.25) is 13.9 Å². The molecule has 7 heteroatoms. The lowest BCUT2D eigenvalue weighted by Crippen LogP contribution is -2.30. The summed E-state index contributed by atoms with van der Waals surface area (Å²) in [6.45, 7) is 2.20. The average molecular weight is 383 g/mol. The van der Waals surface area contributed by atoms with Gasteiger partial charge in [0.2, 0.25) is 5.91 Å². The lowest BCUT2D eigenvalue weighted by molar-refractivity contribution is -0.121. The topological polar surface area (TPSA) is 74.5 Å². The van der Waals surface area contributed by atoms with Gasteiger partial charge in [0.1, 0.15) is 11.5 Å². The second-order valence-electron chi connectivity index (χ2n) is 6.63. The average Bonchev–Trinajstić information content (AvgIpc) is 2.96. The number of benzene rings is 2. The molecule has 0 radical (unpaired) electrons. The van der Waals surface area contributed by atoms with Gasteiger partial charge in [-0.2, -0.15) is 0 Å². The van der Waals surface area contributed by atoms with E-state index < -0.39 is 0 Å². The van der Waals surface area contributed by atoms with Gasteiger partial charge in [0.05, 0.1) is 31.3 Å². The molecule has 1 amide bonds. The first kappa shape index (κ1) is 19.5. The number of imidazole rings is 1. The number of carbonyl (C=O) groups is 1. The van der Waals surface area contributed by atoms with Gasteiger partial charge in [-0.05, 0) is 37.3 Å². The van der Waals surface area contributed by atoms with Crippen molar-refractivity contribution in [1.82, 2.24) is 14.5 Å². The Morgan fingerprint density at radius 2 is 1.82 bits per heavy atom. The molecule has 0 saturated carbocycles. The summed E-state index contributed by atoms with van der Waals surface area (Å²) in [6, 6.07) is 12.8. The highest BCUT2D eigenvalue weighted by Gasteiger charge is 2.16. The molecule has 3 aromatic rings. The van der Waals surface area contributed by atoms with E-state index in [2.05, 4.69) is 5.32 Å². The molecule has 0 spiro atoms. The van der Waals surface area contributed by atoms with Crippen molar-refractivity contribution >= 4 is 16.9 Å². The molecule has 1 aromatic heterocycles. The lowest BCUT2D eigenvalue weighted by Gasteiger charge is -2.18. The van der Waals surface area contributed by atoms with Crippen LogP contribution in [0.15, 0.2) is 47.3 Å². The molecule has 1 N–H and O–H groups in total. The second-order valence-corrected chi connectivity index (χ2v) is 6.63.